The van der Waals surface area contributed by atoms with Crippen LogP contribution in [0.5, 0.6) is 0 Å². The van der Waals surface area contributed by atoms with Crippen molar-refractivity contribution in [1.82, 2.24) is 10.2 Å². The van der Waals surface area contributed by atoms with Crippen molar-refractivity contribution in [2.75, 3.05) is 25.4 Å². The van der Waals surface area contributed by atoms with Gasteiger partial charge in [0.25, 0.3) is 0 Å². The van der Waals surface area contributed by atoms with Gasteiger partial charge in [0.1, 0.15) is 5.76 Å². The van der Waals surface area contributed by atoms with Gasteiger partial charge < -0.3 is 9.73 Å². The number of rotatable bonds is 5. The van der Waals surface area contributed by atoms with E-state index in [9.17, 15) is 0 Å². The highest BCUT2D eigenvalue weighted by molar-refractivity contribution is 8.00. The standard InChI is InChI=1S/C14H24N2OS/c1-11(14-5-4-9-17-14)15-6-7-16-8-10-18-13(3)12(16)2/h4-5,9,11-13,15H,6-8,10H2,1-3H3. The smallest absolute Gasteiger partial charge is 0.120 e. The van der Waals surface area contributed by atoms with Gasteiger partial charge in [-0.2, -0.15) is 11.8 Å². The summed E-state index contributed by atoms with van der Waals surface area (Å²) in [5.41, 5.74) is 0. The third-order valence-electron chi connectivity index (χ3n) is 3.83. The lowest BCUT2D eigenvalue weighted by Gasteiger charge is -2.37. The second kappa shape index (κ2) is 6.64. The molecule has 4 heteroatoms. The summed E-state index contributed by atoms with van der Waals surface area (Å²) < 4.78 is 5.40. The maximum atomic E-state index is 5.40. The van der Waals surface area contributed by atoms with E-state index in [2.05, 4.69) is 42.7 Å². The maximum Gasteiger partial charge on any atom is 0.120 e. The number of furan rings is 1. The zero-order chi connectivity index (χ0) is 13.0. The molecule has 1 fully saturated rings. The minimum absolute atomic E-state index is 0.298. The second-order valence-corrected chi connectivity index (χ2v) is 6.53. The van der Waals surface area contributed by atoms with E-state index in [4.69, 9.17) is 4.42 Å². The molecule has 0 saturated carbocycles. The fourth-order valence-corrected chi connectivity index (χ4v) is 3.54. The average molecular weight is 268 g/mol. The molecule has 3 atom stereocenters. The molecule has 0 aliphatic carbocycles. The van der Waals surface area contributed by atoms with Gasteiger partial charge in [-0.05, 0) is 26.0 Å². The molecule has 0 aromatic carbocycles. The largest absolute Gasteiger partial charge is 0.468 e. The van der Waals surface area contributed by atoms with Gasteiger partial charge in [0.05, 0.1) is 12.3 Å². The van der Waals surface area contributed by atoms with E-state index in [-0.39, 0.29) is 0 Å². The predicted molar refractivity (Wildman–Crippen MR) is 78.1 cm³/mol. The fourth-order valence-electron chi connectivity index (χ4n) is 2.37. The molecule has 18 heavy (non-hydrogen) atoms. The Morgan fingerprint density at radius 3 is 3.11 bits per heavy atom. The Bertz CT molecular complexity index is 342. The van der Waals surface area contributed by atoms with Gasteiger partial charge >= 0.3 is 0 Å². The fraction of sp³-hybridized carbons (Fsp3) is 0.714. The van der Waals surface area contributed by atoms with Gasteiger partial charge in [-0.3, -0.25) is 4.90 Å². The van der Waals surface area contributed by atoms with Crippen molar-refractivity contribution in [2.24, 2.45) is 0 Å². The third-order valence-corrected chi connectivity index (χ3v) is 5.17. The van der Waals surface area contributed by atoms with Crippen LogP contribution in [-0.2, 0) is 0 Å². The van der Waals surface area contributed by atoms with E-state index in [0.29, 0.717) is 12.1 Å². The minimum Gasteiger partial charge on any atom is -0.468 e. The number of nitrogens with zero attached hydrogens (tertiary/aromatic N) is 1. The maximum absolute atomic E-state index is 5.40. The molecule has 3 nitrogen and oxygen atoms in total. The molecule has 2 heterocycles. The van der Waals surface area contributed by atoms with E-state index < -0.39 is 0 Å². The van der Waals surface area contributed by atoms with Crippen LogP contribution in [0.4, 0.5) is 0 Å². The van der Waals surface area contributed by atoms with Crippen molar-refractivity contribution in [1.29, 1.82) is 0 Å². The summed E-state index contributed by atoms with van der Waals surface area (Å²) in [6.45, 7) is 10.2. The van der Waals surface area contributed by atoms with Gasteiger partial charge in [0.15, 0.2) is 0 Å². The molecule has 1 aromatic heterocycles. The normalized spacial score (nSPS) is 27.3. The predicted octanol–water partition coefficient (Wildman–Crippen LogP) is 2.76. The Labute approximate surface area is 114 Å². The Morgan fingerprint density at radius 2 is 2.39 bits per heavy atom. The molecule has 0 bridgehead atoms. The molecular formula is C14H24N2OS. The highest BCUT2D eigenvalue weighted by atomic mass is 32.2. The Morgan fingerprint density at radius 1 is 1.56 bits per heavy atom. The van der Waals surface area contributed by atoms with Gasteiger partial charge in [-0.1, -0.05) is 6.92 Å². The third kappa shape index (κ3) is 3.53. The van der Waals surface area contributed by atoms with E-state index >= 15 is 0 Å². The van der Waals surface area contributed by atoms with E-state index in [1.54, 1.807) is 6.26 Å². The zero-order valence-electron chi connectivity index (χ0n) is 11.6. The lowest BCUT2D eigenvalue weighted by molar-refractivity contribution is 0.210. The molecule has 1 aromatic rings. The van der Waals surface area contributed by atoms with Gasteiger partial charge in [-0.15, -0.1) is 0 Å². The van der Waals surface area contributed by atoms with E-state index in [0.717, 1.165) is 24.1 Å². The Kier molecular flexibility index (Phi) is 5.15. The first-order chi connectivity index (χ1) is 8.68. The van der Waals surface area contributed by atoms with Crippen LogP contribution in [-0.4, -0.2) is 41.6 Å². The Balaban J connectivity index is 1.71. The van der Waals surface area contributed by atoms with E-state index in [1.807, 2.05) is 12.1 Å². The van der Waals surface area contributed by atoms with Gasteiger partial charge in [0, 0.05) is 36.7 Å². The zero-order valence-corrected chi connectivity index (χ0v) is 12.4. The molecule has 102 valence electrons. The second-order valence-electron chi connectivity index (χ2n) is 5.04. The van der Waals surface area contributed by atoms with Gasteiger partial charge in [-0.25, -0.2) is 0 Å². The molecule has 1 N–H and O–H groups in total. The van der Waals surface area contributed by atoms with Crippen molar-refractivity contribution >= 4 is 11.8 Å². The minimum atomic E-state index is 0.298. The van der Waals surface area contributed by atoms with Crippen molar-refractivity contribution in [3.63, 3.8) is 0 Å². The van der Waals surface area contributed by atoms with Crippen LogP contribution in [0.1, 0.15) is 32.6 Å². The van der Waals surface area contributed by atoms with Crippen LogP contribution in [0.25, 0.3) is 0 Å². The first-order valence-corrected chi connectivity index (χ1v) is 7.86. The molecule has 1 saturated heterocycles. The van der Waals surface area contributed by atoms with Crippen LogP contribution in [0.2, 0.25) is 0 Å². The first-order valence-electron chi connectivity index (χ1n) is 6.81. The van der Waals surface area contributed by atoms with Crippen LogP contribution >= 0.6 is 11.8 Å². The number of nitrogens with one attached hydrogen (secondary N) is 1. The van der Waals surface area contributed by atoms with E-state index in [1.165, 1.54) is 12.3 Å². The lowest BCUT2D eigenvalue weighted by Crippen LogP contribution is -2.47. The summed E-state index contributed by atoms with van der Waals surface area (Å²) in [6.07, 6.45) is 1.74. The number of hydrogen-bond donors (Lipinski definition) is 1. The van der Waals surface area contributed by atoms with Crippen LogP contribution in [0.15, 0.2) is 22.8 Å². The molecule has 2 rings (SSSR count). The first kappa shape index (κ1) is 14.0. The van der Waals surface area contributed by atoms with Crippen LogP contribution < -0.4 is 5.32 Å². The molecule has 0 amide bonds. The van der Waals surface area contributed by atoms with Crippen molar-refractivity contribution in [3.05, 3.63) is 24.2 Å². The summed E-state index contributed by atoms with van der Waals surface area (Å²) in [5.74, 6) is 2.28. The summed E-state index contributed by atoms with van der Waals surface area (Å²) >= 11 is 2.09. The lowest BCUT2D eigenvalue weighted by atomic mass is 10.2. The summed E-state index contributed by atoms with van der Waals surface area (Å²) in [4.78, 5) is 2.59. The topological polar surface area (TPSA) is 28.4 Å². The summed E-state index contributed by atoms with van der Waals surface area (Å²) in [7, 11) is 0. The SMILES string of the molecule is CC(NCCN1CCSC(C)C1C)c1ccco1. The number of thioether (sulfide) groups is 1. The van der Waals surface area contributed by atoms with Crippen LogP contribution in [0.3, 0.4) is 0 Å². The molecule has 0 radical (unpaired) electrons. The van der Waals surface area contributed by atoms with Gasteiger partial charge in [0.2, 0.25) is 0 Å². The number of hydrogen-bond acceptors (Lipinski definition) is 4. The highest BCUT2D eigenvalue weighted by Gasteiger charge is 2.24. The molecule has 1 aliphatic heterocycles. The van der Waals surface area contributed by atoms with Crippen molar-refractivity contribution < 1.29 is 4.42 Å². The summed E-state index contributed by atoms with van der Waals surface area (Å²) in [5, 5.41) is 4.28. The molecule has 1 aliphatic rings. The van der Waals surface area contributed by atoms with Crippen LogP contribution in [0, 0.1) is 0 Å². The summed E-state index contributed by atoms with van der Waals surface area (Å²) in [6, 6.07) is 4.95. The molecular weight excluding hydrogens is 244 g/mol. The monoisotopic (exact) mass is 268 g/mol. The average Bonchev–Trinajstić information content (AvgIpc) is 2.88. The molecule has 3 unspecified atom stereocenters. The highest BCUT2D eigenvalue weighted by Crippen LogP contribution is 2.23. The van der Waals surface area contributed by atoms with Crippen molar-refractivity contribution in [3.8, 4) is 0 Å². The van der Waals surface area contributed by atoms with Crippen molar-refractivity contribution in [2.45, 2.75) is 38.1 Å². The molecule has 0 spiro atoms. The Hall–Kier alpha value is -0.450. The quantitative estimate of drug-likeness (QED) is 0.889.